The molecule has 0 radical (unpaired) electrons. The molecule has 0 aromatic carbocycles. The van der Waals surface area contributed by atoms with Gasteiger partial charge in [-0.15, -0.1) is 10.2 Å². The summed E-state index contributed by atoms with van der Waals surface area (Å²) in [4.78, 5) is 20.9. The number of esters is 1. The van der Waals surface area contributed by atoms with Crippen molar-refractivity contribution >= 4 is 40.3 Å². The molecule has 0 atom stereocenters. The molecule has 0 aliphatic heterocycles. The Morgan fingerprint density at radius 1 is 1.33 bits per heavy atom. The van der Waals surface area contributed by atoms with Crippen LogP contribution in [0, 0.1) is 6.92 Å². The summed E-state index contributed by atoms with van der Waals surface area (Å²) < 4.78 is 12.6. The highest BCUT2D eigenvalue weighted by Gasteiger charge is 2.24. The van der Waals surface area contributed by atoms with Gasteiger partial charge in [-0.05, 0) is 26.0 Å². The van der Waals surface area contributed by atoms with Crippen molar-refractivity contribution in [3.05, 3.63) is 41.5 Å². The average molecular weight is 384 g/mol. The zero-order chi connectivity index (χ0) is 19.0. The summed E-state index contributed by atoms with van der Waals surface area (Å²) in [6, 6.07) is 5.68. The third kappa shape index (κ3) is 3.08. The number of carbonyl (C=O) groups is 1. The second-order valence-electron chi connectivity index (χ2n) is 5.66. The molecule has 0 aliphatic carbocycles. The molecule has 4 rings (SSSR count). The second-order valence-corrected chi connectivity index (χ2v) is 6.60. The minimum atomic E-state index is -0.499. The van der Waals surface area contributed by atoms with Crippen molar-refractivity contribution in [3.8, 4) is 0 Å². The smallest absolute Gasteiger partial charge is 0.342 e. The molecule has 9 nitrogen and oxygen atoms in total. The van der Waals surface area contributed by atoms with Crippen LogP contribution in [-0.2, 0) is 10.5 Å². The van der Waals surface area contributed by atoms with Gasteiger partial charge in [-0.3, -0.25) is 4.40 Å². The fraction of sp³-hybridized carbons (Fsp3) is 0.235. The summed E-state index contributed by atoms with van der Waals surface area (Å²) in [5.41, 5.74) is 7.38. The molecule has 0 unspecified atom stereocenters. The van der Waals surface area contributed by atoms with Gasteiger partial charge < -0.3 is 14.9 Å². The number of hydrogen-bond acceptors (Lipinski definition) is 9. The quantitative estimate of drug-likeness (QED) is 0.408. The number of furan rings is 1. The molecule has 0 saturated heterocycles. The molecule has 2 N–H and O–H groups in total. The first-order chi connectivity index (χ1) is 13.1. The lowest BCUT2D eigenvalue weighted by atomic mass is 10.2. The Kier molecular flexibility index (Phi) is 4.40. The molecule has 10 heteroatoms. The fourth-order valence-electron chi connectivity index (χ4n) is 2.74. The van der Waals surface area contributed by atoms with Crippen LogP contribution in [-0.4, -0.2) is 37.1 Å². The van der Waals surface area contributed by atoms with E-state index in [2.05, 4.69) is 20.2 Å². The molecule has 4 aromatic rings. The summed E-state index contributed by atoms with van der Waals surface area (Å²) in [6.07, 6.45) is 1.89. The fourth-order valence-corrected chi connectivity index (χ4v) is 3.52. The number of nitrogens with two attached hydrogens (primary N) is 1. The van der Waals surface area contributed by atoms with E-state index in [1.54, 1.807) is 13.8 Å². The van der Waals surface area contributed by atoms with Crippen LogP contribution in [0.3, 0.4) is 0 Å². The predicted molar refractivity (Wildman–Crippen MR) is 99.5 cm³/mol. The largest absolute Gasteiger partial charge is 0.462 e. The molecule has 4 aromatic heterocycles. The monoisotopic (exact) mass is 384 g/mol. The highest BCUT2D eigenvalue weighted by molar-refractivity contribution is 7.98. The van der Waals surface area contributed by atoms with Gasteiger partial charge in [0.2, 0.25) is 5.71 Å². The molecule has 0 saturated carbocycles. The molecular formula is C17H16N6O3S. The Hall–Kier alpha value is -3.14. The molecule has 0 aliphatic rings. The lowest BCUT2D eigenvalue weighted by Crippen LogP contribution is -2.07. The Morgan fingerprint density at radius 2 is 2.19 bits per heavy atom. The Balaban J connectivity index is 1.64. The lowest BCUT2D eigenvalue weighted by Gasteiger charge is -2.03. The van der Waals surface area contributed by atoms with Crippen LogP contribution >= 0.6 is 11.8 Å². The van der Waals surface area contributed by atoms with E-state index >= 15 is 0 Å². The van der Waals surface area contributed by atoms with E-state index in [-0.39, 0.29) is 23.7 Å². The van der Waals surface area contributed by atoms with E-state index in [1.165, 1.54) is 11.8 Å². The Morgan fingerprint density at radius 3 is 3.00 bits per heavy atom. The average Bonchev–Trinajstić information content (AvgIpc) is 3.20. The van der Waals surface area contributed by atoms with Gasteiger partial charge >= 0.3 is 5.97 Å². The van der Waals surface area contributed by atoms with Crippen molar-refractivity contribution in [3.63, 3.8) is 0 Å². The third-order valence-electron chi connectivity index (χ3n) is 3.89. The first-order valence-corrected chi connectivity index (χ1v) is 9.22. The van der Waals surface area contributed by atoms with Crippen LogP contribution in [0.25, 0.3) is 16.7 Å². The standard InChI is InChI=1S/C17H16N6O3S/c1-3-25-16(24)12-9(2)26-15-13(12)14(18)19-10(20-15)8-27-17-22-21-11-6-4-5-7-23(11)17/h4-7H,3,8H2,1-2H3,(H2,18,19,20). The number of nitrogens with zero attached hydrogens (tertiary/aromatic N) is 5. The number of fused-ring (bicyclic) bond motifs is 2. The van der Waals surface area contributed by atoms with Gasteiger partial charge in [0.1, 0.15) is 23.0 Å². The minimum Gasteiger partial charge on any atom is -0.462 e. The van der Waals surface area contributed by atoms with Gasteiger partial charge in [-0.1, -0.05) is 17.8 Å². The van der Waals surface area contributed by atoms with Crippen molar-refractivity contribution in [1.29, 1.82) is 0 Å². The number of aromatic nitrogens is 5. The molecule has 0 bridgehead atoms. The van der Waals surface area contributed by atoms with Crippen LogP contribution in [0.5, 0.6) is 0 Å². The van der Waals surface area contributed by atoms with Crippen molar-refractivity contribution in [2.75, 3.05) is 12.3 Å². The van der Waals surface area contributed by atoms with E-state index in [1.807, 2.05) is 28.8 Å². The number of aryl methyl sites for hydroxylation is 1. The minimum absolute atomic E-state index is 0.182. The number of ether oxygens (including phenoxy) is 1. The maximum absolute atomic E-state index is 12.2. The molecule has 0 spiro atoms. The topological polar surface area (TPSA) is 121 Å². The van der Waals surface area contributed by atoms with Gasteiger partial charge in [-0.25, -0.2) is 9.78 Å². The number of anilines is 1. The summed E-state index contributed by atoms with van der Waals surface area (Å²) in [5, 5.41) is 9.37. The molecule has 4 heterocycles. The van der Waals surface area contributed by atoms with Crippen LogP contribution in [0.15, 0.2) is 34.0 Å². The van der Waals surface area contributed by atoms with Crippen molar-refractivity contribution in [2.45, 2.75) is 24.8 Å². The molecule has 27 heavy (non-hydrogen) atoms. The van der Waals surface area contributed by atoms with Crippen LogP contribution in [0.4, 0.5) is 5.82 Å². The second kappa shape index (κ2) is 6.88. The van der Waals surface area contributed by atoms with E-state index in [4.69, 9.17) is 14.9 Å². The summed E-state index contributed by atoms with van der Waals surface area (Å²) >= 11 is 1.43. The molecule has 0 amide bonds. The highest BCUT2D eigenvalue weighted by atomic mass is 32.2. The van der Waals surface area contributed by atoms with E-state index < -0.39 is 5.97 Å². The maximum Gasteiger partial charge on any atom is 0.342 e. The normalized spacial score (nSPS) is 11.3. The predicted octanol–water partition coefficient (Wildman–Crippen LogP) is 2.63. The summed E-state index contributed by atoms with van der Waals surface area (Å²) in [7, 11) is 0. The maximum atomic E-state index is 12.2. The first-order valence-electron chi connectivity index (χ1n) is 8.23. The molecule has 0 fully saturated rings. The van der Waals surface area contributed by atoms with Crippen molar-refractivity contribution < 1.29 is 13.9 Å². The molecule has 138 valence electrons. The number of carbonyl (C=O) groups excluding carboxylic acids is 1. The van der Waals surface area contributed by atoms with E-state index in [0.29, 0.717) is 22.7 Å². The zero-order valence-corrected chi connectivity index (χ0v) is 15.5. The van der Waals surface area contributed by atoms with E-state index in [0.717, 1.165) is 10.8 Å². The van der Waals surface area contributed by atoms with Gasteiger partial charge in [0.15, 0.2) is 10.8 Å². The SMILES string of the molecule is CCOC(=O)c1c(C)oc2nc(CSc3nnc4ccccn34)nc(N)c12. The van der Waals surface area contributed by atoms with Crippen LogP contribution in [0.1, 0.15) is 28.9 Å². The van der Waals surface area contributed by atoms with Gasteiger partial charge in [0.25, 0.3) is 0 Å². The van der Waals surface area contributed by atoms with Gasteiger partial charge in [-0.2, -0.15) is 4.98 Å². The van der Waals surface area contributed by atoms with Crippen LogP contribution < -0.4 is 5.73 Å². The number of thioether (sulfide) groups is 1. The van der Waals surface area contributed by atoms with Gasteiger partial charge in [0.05, 0.1) is 17.7 Å². The van der Waals surface area contributed by atoms with Crippen molar-refractivity contribution in [2.24, 2.45) is 0 Å². The highest BCUT2D eigenvalue weighted by Crippen LogP contribution is 2.30. The van der Waals surface area contributed by atoms with Crippen LogP contribution in [0.2, 0.25) is 0 Å². The summed E-state index contributed by atoms with van der Waals surface area (Å²) in [6.45, 7) is 3.66. The third-order valence-corrected chi connectivity index (χ3v) is 4.83. The Bertz CT molecular complexity index is 1150. The number of rotatable bonds is 5. The zero-order valence-electron chi connectivity index (χ0n) is 14.7. The van der Waals surface area contributed by atoms with Crippen molar-refractivity contribution in [1.82, 2.24) is 24.6 Å². The lowest BCUT2D eigenvalue weighted by molar-refractivity contribution is 0.0526. The summed E-state index contributed by atoms with van der Waals surface area (Å²) in [5.74, 6) is 0.979. The number of pyridine rings is 1. The Labute approximate surface area is 157 Å². The van der Waals surface area contributed by atoms with E-state index in [9.17, 15) is 4.79 Å². The first kappa shape index (κ1) is 17.3. The number of hydrogen-bond donors (Lipinski definition) is 1. The molecular weight excluding hydrogens is 368 g/mol. The number of nitrogen functional groups attached to an aromatic ring is 1. The van der Waals surface area contributed by atoms with Gasteiger partial charge in [0, 0.05) is 6.20 Å².